The highest BCUT2D eigenvalue weighted by atomic mass is 32.2. The Morgan fingerprint density at radius 3 is 2.36 bits per heavy atom. The van der Waals surface area contributed by atoms with Crippen molar-refractivity contribution in [3.63, 3.8) is 0 Å². The normalized spacial score (nSPS) is 14.2. The van der Waals surface area contributed by atoms with Gasteiger partial charge in [0.05, 0.1) is 5.56 Å². The van der Waals surface area contributed by atoms with Gasteiger partial charge in [-0.25, -0.2) is 0 Å². The summed E-state index contributed by atoms with van der Waals surface area (Å²) >= 11 is 6.73. The maximum Gasteiger partial charge on any atom is 0.416 e. The van der Waals surface area contributed by atoms with E-state index in [1.165, 1.54) is 30.3 Å². The molecule has 3 N–H and O–H groups in total. The zero-order valence-corrected chi connectivity index (χ0v) is 20.9. The number of amides is 1. The van der Waals surface area contributed by atoms with Gasteiger partial charge in [-0.15, -0.1) is 0 Å². The van der Waals surface area contributed by atoms with Gasteiger partial charge in [0.15, 0.2) is 5.11 Å². The number of rotatable bonds is 6. The van der Waals surface area contributed by atoms with Crippen molar-refractivity contribution in [3.8, 4) is 0 Å². The molecule has 5 nitrogen and oxygen atoms in total. The Kier molecular flexibility index (Phi) is 8.48. The summed E-state index contributed by atoms with van der Waals surface area (Å²) in [6.45, 7) is 0. The van der Waals surface area contributed by atoms with Crippen LogP contribution >= 0.6 is 24.0 Å². The van der Waals surface area contributed by atoms with E-state index in [0.29, 0.717) is 11.4 Å². The summed E-state index contributed by atoms with van der Waals surface area (Å²) in [4.78, 5) is 18.7. The first kappa shape index (κ1) is 26.0. The Hall–Kier alpha value is -3.11. The number of benzene rings is 2. The van der Waals surface area contributed by atoms with E-state index in [2.05, 4.69) is 20.9 Å². The summed E-state index contributed by atoms with van der Waals surface area (Å²) in [5, 5.41) is 9.01. The highest BCUT2D eigenvalue weighted by Crippen LogP contribution is 2.31. The predicted octanol–water partition coefficient (Wildman–Crippen LogP) is 7.12. The number of halogens is 3. The van der Waals surface area contributed by atoms with Crippen LogP contribution in [0.4, 0.5) is 24.5 Å². The molecule has 4 rings (SSSR count). The second-order valence-corrected chi connectivity index (χ2v) is 10.0. The molecule has 1 amide bonds. The van der Waals surface area contributed by atoms with Gasteiger partial charge in [-0.2, -0.15) is 13.2 Å². The number of hydrogen-bond donors (Lipinski definition) is 3. The van der Waals surface area contributed by atoms with Crippen molar-refractivity contribution in [3.05, 3.63) is 78.1 Å². The van der Waals surface area contributed by atoms with Crippen molar-refractivity contribution in [2.24, 2.45) is 0 Å². The van der Waals surface area contributed by atoms with Gasteiger partial charge >= 0.3 is 6.18 Å². The van der Waals surface area contributed by atoms with Gasteiger partial charge in [-0.3, -0.25) is 9.78 Å². The van der Waals surface area contributed by atoms with Crippen molar-refractivity contribution in [2.45, 2.75) is 54.1 Å². The molecule has 10 heteroatoms. The van der Waals surface area contributed by atoms with Crippen LogP contribution in [0.5, 0.6) is 0 Å². The lowest BCUT2D eigenvalue weighted by Crippen LogP contribution is -2.36. The fourth-order valence-corrected chi connectivity index (χ4v) is 4.99. The molecule has 0 atom stereocenters. The number of nitrogens with one attached hydrogen (secondary N) is 3. The maximum atomic E-state index is 12.9. The summed E-state index contributed by atoms with van der Waals surface area (Å²) in [6, 6.07) is 16.1. The Morgan fingerprint density at radius 2 is 1.64 bits per heavy atom. The first-order valence-electron chi connectivity index (χ1n) is 11.6. The number of alkyl halides is 3. The molecule has 1 aliphatic carbocycles. The molecule has 188 valence electrons. The SMILES string of the molecule is O=C(NC1CCCCC1)c1cc(Sc2ccc(NC(=S)Nc3cccc(C(F)(F)F)c3)cc2)ccn1. The molecular formula is C26H25F3N4OS2. The molecule has 0 spiro atoms. The quantitative estimate of drug-likeness (QED) is 0.295. The summed E-state index contributed by atoms with van der Waals surface area (Å²) in [7, 11) is 0. The number of anilines is 2. The molecule has 0 saturated heterocycles. The average Bonchev–Trinajstić information content (AvgIpc) is 2.86. The third-order valence-electron chi connectivity index (χ3n) is 5.70. The van der Waals surface area contributed by atoms with Crippen molar-refractivity contribution in [1.29, 1.82) is 0 Å². The Bertz CT molecular complexity index is 1210. The van der Waals surface area contributed by atoms with Crippen molar-refractivity contribution in [1.82, 2.24) is 10.3 Å². The van der Waals surface area contributed by atoms with Crippen LogP contribution in [0.3, 0.4) is 0 Å². The van der Waals surface area contributed by atoms with E-state index >= 15 is 0 Å². The fraction of sp³-hybridized carbons (Fsp3) is 0.269. The summed E-state index contributed by atoms with van der Waals surface area (Å²) in [6.07, 6.45) is 2.75. The van der Waals surface area contributed by atoms with Crippen LogP contribution in [0.1, 0.15) is 48.2 Å². The van der Waals surface area contributed by atoms with Crippen LogP contribution in [-0.4, -0.2) is 22.0 Å². The molecule has 1 aromatic heterocycles. The molecular weight excluding hydrogens is 505 g/mol. The predicted molar refractivity (Wildman–Crippen MR) is 140 cm³/mol. The lowest BCUT2D eigenvalue weighted by Gasteiger charge is -2.22. The molecule has 0 radical (unpaired) electrons. The van der Waals surface area contributed by atoms with Gasteiger partial charge < -0.3 is 16.0 Å². The molecule has 3 aromatic rings. The van der Waals surface area contributed by atoms with Gasteiger partial charge in [0.1, 0.15) is 5.69 Å². The number of hydrogen-bond acceptors (Lipinski definition) is 4. The Balaban J connectivity index is 1.32. The molecule has 1 fully saturated rings. The number of carbonyl (C=O) groups is 1. The summed E-state index contributed by atoms with van der Waals surface area (Å²) < 4.78 is 38.7. The van der Waals surface area contributed by atoms with Crippen LogP contribution in [0, 0.1) is 0 Å². The number of carbonyl (C=O) groups excluding carboxylic acids is 1. The number of thiocarbonyl (C=S) groups is 1. The lowest BCUT2D eigenvalue weighted by molar-refractivity contribution is -0.137. The van der Waals surface area contributed by atoms with E-state index < -0.39 is 11.7 Å². The highest BCUT2D eigenvalue weighted by molar-refractivity contribution is 7.99. The number of pyridine rings is 1. The molecule has 0 bridgehead atoms. The average molecular weight is 531 g/mol. The third-order valence-corrected chi connectivity index (χ3v) is 6.90. The molecule has 1 saturated carbocycles. The maximum absolute atomic E-state index is 12.9. The highest BCUT2D eigenvalue weighted by Gasteiger charge is 2.30. The first-order valence-corrected chi connectivity index (χ1v) is 12.8. The van der Waals surface area contributed by atoms with Gasteiger partial charge in [-0.05, 0) is 79.7 Å². The summed E-state index contributed by atoms with van der Waals surface area (Å²) in [5.74, 6) is -0.148. The first-order chi connectivity index (χ1) is 17.3. The third kappa shape index (κ3) is 7.44. The topological polar surface area (TPSA) is 66.1 Å². The molecule has 0 unspecified atom stereocenters. The fourth-order valence-electron chi connectivity index (χ4n) is 3.91. The second kappa shape index (κ2) is 11.7. The second-order valence-electron chi connectivity index (χ2n) is 8.47. The zero-order chi connectivity index (χ0) is 25.5. The Morgan fingerprint density at radius 1 is 0.917 bits per heavy atom. The van der Waals surface area contributed by atoms with E-state index in [9.17, 15) is 18.0 Å². The van der Waals surface area contributed by atoms with Gasteiger partial charge in [0.25, 0.3) is 5.91 Å². The van der Waals surface area contributed by atoms with Crippen molar-refractivity contribution < 1.29 is 18.0 Å². The van der Waals surface area contributed by atoms with Crippen molar-refractivity contribution >= 4 is 46.4 Å². The largest absolute Gasteiger partial charge is 0.416 e. The van der Waals surface area contributed by atoms with E-state index in [1.54, 1.807) is 12.3 Å². The van der Waals surface area contributed by atoms with Crippen LogP contribution in [0.15, 0.2) is 76.7 Å². The standard InChI is InChI=1S/C26H25F3N4OS2/c27-26(28,29)17-5-4-8-20(15-17)33-25(35)32-19-9-11-21(12-10-19)36-22-13-14-30-23(16-22)24(34)31-18-6-2-1-3-7-18/h4-5,8-16,18H,1-3,6-7H2,(H,31,34)(H2,32,33,35). The molecule has 2 aromatic carbocycles. The monoisotopic (exact) mass is 530 g/mol. The van der Waals surface area contributed by atoms with Gasteiger partial charge in [-0.1, -0.05) is 37.1 Å². The van der Waals surface area contributed by atoms with E-state index in [4.69, 9.17) is 12.2 Å². The van der Waals surface area contributed by atoms with Crippen LogP contribution in [0.25, 0.3) is 0 Å². The minimum atomic E-state index is -4.42. The van der Waals surface area contributed by atoms with E-state index in [-0.39, 0.29) is 22.7 Å². The van der Waals surface area contributed by atoms with Crippen LogP contribution in [0.2, 0.25) is 0 Å². The minimum Gasteiger partial charge on any atom is -0.348 e. The summed E-state index contributed by atoms with van der Waals surface area (Å²) in [5.41, 5.74) is 0.582. The number of aromatic nitrogens is 1. The molecule has 1 aliphatic rings. The minimum absolute atomic E-state index is 0.148. The van der Waals surface area contributed by atoms with Crippen LogP contribution < -0.4 is 16.0 Å². The molecule has 36 heavy (non-hydrogen) atoms. The number of nitrogens with zero attached hydrogens (tertiary/aromatic N) is 1. The van der Waals surface area contributed by atoms with Crippen molar-refractivity contribution in [2.75, 3.05) is 10.6 Å². The smallest absolute Gasteiger partial charge is 0.348 e. The van der Waals surface area contributed by atoms with E-state index in [0.717, 1.165) is 47.6 Å². The Labute approximate surface area is 217 Å². The van der Waals surface area contributed by atoms with E-state index in [1.807, 2.05) is 30.3 Å². The lowest BCUT2D eigenvalue weighted by atomic mass is 9.95. The molecule has 1 heterocycles. The van der Waals surface area contributed by atoms with Gasteiger partial charge in [0.2, 0.25) is 0 Å². The van der Waals surface area contributed by atoms with Gasteiger partial charge in [0, 0.05) is 33.4 Å². The zero-order valence-electron chi connectivity index (χ0n) is 19.3. The van der Waals surface area contributed by atoms with Crippen LogP contribution in [-0.2, 0) is 6.18 Å². The molecule has 0 aliphatic heterocycles.